The normalized spacial score (nSPS) is 18.7. The van der Waals surface area contributed by atoms with E-state index in [1.165, 1.54) is 18.9 Å². The quantitative estimate of drug-likeness (QED) is 0.742. The molecule has 1 aromatic rings. The molecular weight excluding hydrogens is 165 g/mol. The van der Waals surface area contributed by atoms with Gasteiger partial charge in [0.15, 0.2) is 0 Å². The molecule has 0 bridgehead atoms. The third-order valence-corrected chi connectivity index (χ3v) is 2.52. The van der Waals surface area contributed by atoms with Gasteiger partial charge in [-0.25, -0.2) is 4.39 Å². The summed E-state index contributed by atoms with van der Waals surface area (Å²) in [6.45, 7) is 1.88. The van der Waals surface area contributed by atoms with Crippen LogP contribution < -0.4 is 5.73 Å². The Morgan fingerprint density at radius 1 is 1.38 bits per heavy atom. The fourth-order valence-electron chi connectivity index (χ4n) is 1.55. The Balaban J connectivity index is 2.36. The summed E-state index contributed by atoms with van der Waals surface area (Å²) in [5.41, 5.74) is 7.73. The average Bonchev–Trinajstić information content (AvgIpc) is 2.85. The molecule has 0 radical (unpaired) electrons. The summed E-state index contributed by atoms with van der Waals surface area (Å²) in [5.74, 6) is 0.435. The van der Waals surface area contributed by atoms with Crippen LogP contribution in [0.5, 0.6) is 0 Å². The first-order chi connectivity index (χ1) is 6.16. The summed E-state index contributed by atoms with van der Waals surface area (Å²) in [6.07, 6.45) is 2.39. The molecule has 0 aromatic heterocycles. The molecule has 2 N–H and O–H groups in total. The number of benzene rings is 1. The first-order valence-electron chi connectivity index (χ1n) is 4.73. The summed E-state index contributed by atoms with van der Waals surface area (Å²) in [4.78, 5) is 0. The highest BCUT2D eigenvalue weighted by Gasteiger charge is 2.24. The second-order valence-corrected chi connectivity index (χ2v) is 3.88. The second-order valence-electron chi connectivity index (χ2n) is 3.88. The van der Waals surface area contributed by atoms with E-state index in [9.17, 15) is 4.39 Å². The maximum Gasteiger partial charge on any atom is 0.123 e. The molecule has 1 fully saturated rings. The standard InChI is InChI=1S/C11H14FN/c1-7(13)9-4-10(8-2-3-8)6-11(12)5-9/h4-8H,2-3,13H2,1H3/t7-/m1/s1. The van der Waals surface area contributed by atoms with Crippen LogP contribution in [0.3, 0.4) is 0 Å². The van der Waals surface area contributed by atoms with Gasteiger partial charge in [0.1, 0.15) is 5.82 Å². The topological polar surface area (TPSA) is 26.0 Å². The lowest BCUT2D eigenvalue weighted by Crippen LogP contribution is -2.05. The summed E-state index contributed by atoms with van der Waals surface area (Å²) >= 11 is 0. The van der Waals surface area contributed by atoms with Gasteiger partial charge in [-0.15, -0.1) is 0 Å². The second kappa shape index (κ2) is 3.11. The van der Waals surface area contributed by atoms with Gasteiger partial charge in [0.2, 0.25) is 0 Å². The lowest BCUT2D eigenvalue weighted by Gasteiger charge is -2.08. The van der Waals surface area contributed by atoms with Gasteiger partial charge in [0.25, 0.3) is 0 Å². The molecule has 13 heavy (non-hydrogen) atoms. The van der Waals surface area contributed by atoms with Gasteiger partial charge in [-0.1, -0.05) is 6.07 Å². The van der Waals surface area contributed by atoms with E-state index in [1.54, 1.807) is 6.07 Å². The minimum atomic E-state index is -0.156. The Morgan fingerprint density at radius 3 is 2.62 bits per heavy atom. The van der Waals surface area contributed by atoms with Crippen molar-refractivity contribution in [1.82, 2.24) is 0 Å². The molecule has 2 heteroatoms. The van der Waals surface area contributed by atoms with E-state index in [4.69, 9.17) is 5.73 Å². The van der Waals surface area contributed by atoms with Crippen LogP contribution in [0, 0.1) is 5.82 Å². The van der Waals surface area contributed by atoms with Crippen LogP contribution in [0.1, 0.15) is 42.9 Å². The number of halogens is 1. The summed E-state index contributed by atoms with van der Waals surface area (Å²) < 4.78 is 13.1. The zero-order chi connectivity index (χ0) is 9.42. The van der Waals surface area contributed by atoms with Crippen LogP contribution in [0.4, 0.5) is 4.39 Å². The van der Waals surface area contributed by atoms with Gasteiger partial charge in [-0.2, -0.15) is 0 Å². The predicted octanol–water partition coefficient (Wildman–Crippen LogP) is 2.72. The molecule has 0 spiro atoms. The van der Waals surface area contributed by atoms with Crippen molar-refractivity contribution in [3.8, 4) is 0 Å². The highest BCUT2D eigenvalue weighted by molar-refractivity contribution is 5.31. The fourth-order valence-corrected chi connectivity index (χ4v) is 1.55. The number of hydrogen-bond acceptors (Lipinski definition) is 1. The van der Waals surface area contributed by atoms with Crippen molar-refractivity contribution >= 4 is 0 Å². The van der Waals surface area contributed by atoms with Crippen LogP contribution >= 0.6 is 0 Å². The highest BCUT2D eigenvalue weighted by atomic mass is 19.1. The van der Waals surface area contributed by atoms with E-state index >= 15 is 0 Å². The molecule has 1 nitrogen and oxygen atoms in total. The molecule has 1 aliphatic rings. The summed E-state index contributed by atoms with van der Waals surface area (Å²) in [6, 6.07) is 5.11. The highest BCUT2D eigenvalue weighted by Crippen LogP contribution is 2.40. The SMILES string of the molecule is C[C@@H](N)c1cc(F)cc(C2CC2)c1. The third kappa shape index (κ3) is 1.89. The van der Waals surface area contributed by atoms with Crippen molar-refractivity contribution in [3.05, 3.63) is 35.1 Å². The average molecular weight is 179 g/mol. The van der Waals surface area contributed by atoms with E-state index in [1.807, 2.05) is 13.0 Å². The Hall–Kier alpha value is -0.890. The summed E-state index contributed by atoms with van der Waals surface area (Å²) in [7, 11) is 0. The molecule has 2 rings (SSSR count). The fraction of sp³-hybridized carbons (Fsp3) is 0.455. The maximum atomic E-state index is 13.1. The van der Waals surface area contributed by atoms with Gasteiger partial charge >= 0.3 is 0 Å². The van der Waals surface area contributed by atoms with Gasteiger partial charge in [0, 0.05) is 6.04 Å². The van der Waals surface area contributed by atoms with Gasteiger partial charge in [-0.3, -0.25) is 0 Å². The molecule has 0 heterocycles. The smallest absolute Gasteiger partial charge is 0.123 e. The first-order valence-corrected chi connectivity index (χ1v) is 4.73. The Labute approximate surface area is 77.8 Å². The van der Waals surface area contributed by atoms with Crippen LogP contribution in [0.15, 0.2) is 18.2 Å². The number of rotatable bonds is 2. The van der Waals surface area contributed by atoms with Gasteiger partial charge in [-0.05, 0) is 48.9 Å². The third-order valence-electron chi connectivity index (χ3n) is 2.52. The van der Waals surface area contributed by atoms with Crippen molar-refractivity contribution in [2.75, 3.05) is 0 Å². The van der Waals surface area contributed by atoms with E-state index in [-0.39, 0.29) is 11.9 Å². The van der Waals surface area contributed by atoms with Crippen molar-refractivity contribution in [2.24, 2.45) is 5.73 Å². The van der Waals surface area contributed by atoms with E-state index < -0.39 is 0 Å². The Morgan fingerprint density at radius 2 is 2.08 bits per heavy atom. The van der Waals surface area contributed by atoms with Crippen LogP contribution in [0.2, 0.25) is 0 Å². The monoisotopic (exact) mass is 179 g/mol. The largest absolute Gasteiger partial charge is 0.324 e. The number of hydrogen-bond donors (Lipinski definition) is 1. The minimum Gasteiger partial charge on any atom is -0.324 e. The first kappa shape index (κ1) is 8.70. The van der Waals surface area contributed by atoms with Crippen molar-refractivity contribution in [1.29, 1.82) is 0 Å². The molecule has 0 unspecified atom stereocenters. The van der Waals surface area contributed by atoms with Crippen LogP contribution in [-0.4, -0.2) is 0 Å². The van der Waals surface area contributed by atoms with Crippen molar-refractivity contribution < 1.29 is 4.39 Å². The van der Waals surface area contributed by atoms with E-state index in [0.29, 0.717) is 5.92 Å². The van der Waals surface area contributed by atoms with Crippen LogP contribution in [0.25, 0.3) is 0 Å². The maximum absolute atomic E-state index is 13.1. The Bertz CT molecular complexity index is 296. The van der Waals surface area contributed by atoms with E-state index in [0.717, 1.165) is 11.1 Å². The van der Waals surface area contributed by atoms with Gasteiger partial charge in [0.05, 0.1) is 0 Å². The molecule has 0 aliphatic heterocycles. The lowest BCUT2D eigenvalue weighted by atomic mass is 10.0. The van der Waals surface area contributed by atoms with Crippen molar-refractivity contribution in [3.63, 3.8) is 0 Å². The van der Waals surface area contributed by atoms with Crippen LogP contribution in [-0.2, 0) is 0 Å². The molecule has 0 amide bonds. The molecule has 1 aromatic carbocycles. The molecule has 0 saturated heterocycles. The molecule has 1 aliphatic carbocycles. The van der Waals surface area contributed by atoms with Crippen molar-refractivity contribution in [2.45, 2.75) is 31.7 Å². The predicted molar refractivity (Wildman–Crippen MR) is 51.0 cm³/mol. The molecular formula is C11H14FN. The summed E-state index contributed by atoms with van der Waals surface area (Å²) in [5, 5.41) is 0. The van der Waals surface area contributed by atoms with E-state index in [2.05, 4.69) is 0 Å². The van der Waals surface area contributed by atoms with Gasteiger partial charge < -0.3 is 5.73 Å². The molecule has 1 saturated carbocycles. The lowest BCUT2D eigenvalue weighted by molar-refractivity contribution is 0.619. The number of nitrogens with two attached hydrogens (primary N) is 1. The minimum absolute atomic E-state index is 0.0757. The Kier molecular flexibility index (Phi) is 2.08. The zero-order valence-electron chi connectivity index (χ0n) is 7.76. The molecule has 1 atom stereocenters. The zero-order valence-corrected chi connectivity index (χ0v) is 7.76. The molecule has 70 valence electrons.